The van der Waals surface area contributed by atoms with Crippen LogP contribution in [0.2, 0.25) is 0 Å². The summed E-state index contributed by atoms with van der Waals surface area (Å²) >= 11 is 4.06. The van der Waals surface area contributed by atoms with Crippen LogP contribution in [0.4, 0.5) is 4.39 Å². The molecule has 106 valence electrons. The summed E-state index contributed by atoms with van der Waals surface area (Å²) < 4.78 is 37.6. The van der Waals surface area contributed by atoms with Crippen molar-refractivity contribution in [3.8, 4) is 0 Å². The quantitative estimate of drug-likeness (QED) is 0.715. The largest absolute Gasteiger partial charge is 0.480 e. The first-order chi connectivity index (χ1) is 8.54. The van der Waals surface area contributed by atoms with Crippen molar-refractivity contribution in [2.24, 2.45) is 0 Å². The molecule has 5 nitrogen and oxygen atoms in total. The van der Waals surface area contributed by atoms with Gasteiger partial charge in [0.2, 0.25) is 10.0 Å². The Hall–Kier alpha value is -1.12. The molecule has 0 saturated heterocycles. The molecule has 0 aliphatic heterocycles. The van der Waals surface area contributed by atoms with E-state index >= 15 is 0 Å². The number of nitrogens with one attached hydrogen (secondary N) is 1. The summed E-state index contributed by atoms with van der Waals surface area (Å²) in [5, 5.41) is 9.03. The molecule has 0 aromatic heterocycles. The van der Waals surface area contributed by atoms with Crippen molar-refractivity contribution in [3.05, 3.63) is 30.1 Å². The van der Waals surface area contributed by atoms with Crippen molar-refractivity contribution < 1.29 is 22.7 Å². The number of carboxylic acids is 1. The molecule has 1 unspecified atom stereocenters. The highest BCUT2D eigenvalue weighted by Crippen LogP contribution is 2.20. The minimum absolute atomic E-state index is 0.210. The number of thiol groups is 1. The average Bonchev–Trinajstić information content (AvgIpc) is 2.24. The van der Waals surface area contributed by atoms with Crippen molar-refractivity contribution >= 4 is 28.6 Å². The predicted octanol–water partition coefficient (Wildman–Crippen LogP) is 1.27. The average molecular weight is 307 g/mol. The smallest absolute Gasteiger partial charge is 0.323 e. The van der Waals surface area contributed by atoms with Gasteiger partial charge >= 0.3 is 5.97 Å². The van der Waals surface area contributed by atoms with Crippen LogP contribution in [-0.2, 0) is 14.8 Å². The fourth-order valence-corrected chi connectivity index (χ4v) is 2.93. The molecule has 0 bridgehead atoms. The number of rotatable bonds is 5. The molecule has 0 spiro atoms. The van der Waals surface area contributed by atoms with Gasteiger partial charge in [0.1, 0.15) is 11.9 Å². The minimum Gasteiger partial charge on any atom is -0.480 e. The third kappa shape index (κ3) is 4.19. The lowest BCUT2D eigenvalue weighted by atomic mass is 10.1. The highest BCUT2D eigenvalue weighted by atomic mass is 32.2. The molecule has 8 heteroatoms. The molecule has 2 N–H and O–H groups in total. The summed E-state index contributed by atoms with van der Waals surface area (Å²) in [6, 6.07) is 2.67. The van der Waals surface area contributed by atoms with Crippen LogP contribution >= 0.6 is 12.6 Å². The van der Waals surface area contributed by atoms with Crippen LogP contribution in [0.15, 0.2) is 29.2 Å². The van der Waals surface area contributed by atoms with Crippen LogP contribution in [0.5, 0.6) is 0 Å². The van der Waals surface area contributed by atoms with Crippen LogP contribution in [0.3, 0.4) is 0 Å². The van der Waals surface area contributed by atoms with E-state index in [4.69, 9.17) is 5.11 Å². The van der Waals surface area contributed by atoms with Gasteiger partial charge in [-0.25, -0.2) is 12.8 Å². The van der Waals surface area contributed by atoms with Crippen LogP contribution in [0.1, 0.15) is 13.8 Å². The zero-order valence-corrected chi connectivity index (χ0v) is 12.0. The molecule has 1 atom stereocenters. The molecule has 0 radical (unpaired) electrons. The predicted molar refractivity (Wildman–Crippen MR) is 71.2 cm³/mol. The van der Waals surface area contributed by atoms with Crippen molar-refractivity contribution in [1.82, 2.24) is 4.72 Å². The zero-order chi connectivity index (χ0) is 14.8. The number of halogens is 1. The van der Waals surface area contributed by atoms with E-state index in [0.717, 1.165) is 24.3 Å². The maximum Gasteiger partial charge on any atom is 0.323 e. The topological polar surface area (TPSA) is 83.5 Å². The molecule has 0 amide bonds. The maximum absolute atomic E-state index is 12.7. The van der Waals surface area contributed by atoms with Crippen LogP contribution in [0.25, 0.3) is 0 Å². The third-order valence-corrected chi connectivity index (χ3v) is 4.05. The number of sulfonamides is 1. The molecule has 1 rings (SSSR count). The summed E-state index contributed by atoms with van der Waals surface area (Å²) in [5.74, 6) is -1.92. The van der Waals surface area contributed by atoms with Gasteiger partial charge in [-0.3, -0.25) is 4.79 Å². The lowest BCUT2D eigenvalue weighted by Crippen LogP contribution is -2.51. The normalized spacial score (nSPS) is 14.1. The van der Waals surface area contributed by atoms with Crippen molar-refractivity contribution in [1.29, 1.82) is 0 Å². The Bertz CT molecular complexity index is 563. The second-order valence-electron chi connectivity index (χ2n) is 4.50. The molecule has 1 aromatic rings. The van der Waals surface area contributed by atoms with Crippen LogP contribution < -0.4 is 4.72 Å². The summed E-state index contributed by atoms with van der Waals surface area (Å²) in [4.78, 5) is 10.9. The van der Waals surface area contributed by atoms with E-state index in [-0.39, 0.29) is 4.90 Å². The van der Waals surface area contributed by atoms with Gasteiger partial charge in [0.15, 0.2) is 0 Å². The van der Waals surface area contributed by atoms with Gasteiger partial charge in [-0.2, -0.15) is 17.4 Å². The molecular formula is C11H14FNO4S2. The van der Waals surface area contributed by atoms with E-state index in [1.54, 1.807) is 0 Å². The monoisotopic (exact) mass is 307 g/mol. The van der Waals surface area contributed by atoms with Crippen molar-refractivity contribution in [2.45, 2.75) is 29.5 Å². The van der Waals surface area contributed by atoms with E-state index < -0.39 is 32.6 Å². The second kappa shape index (κ2) is 5.48. The Morgan fingerprint density at radius 2 is 1.84 bits per heavy atom. The van der Waals surface area contributed by atoms with E-state index in [1.807, 2.05) is 4.72 Å². The van der Waals surface area contributed by atoms with Crippen molar-refractivity contribution in [3.63, 3.8) is 0 Å². The first-order valence-corrected chi connectivity index (χ1v) is 7.20. The summed E-state index contributed by atoms with van der Waals surface area (Å²) in [5.41, 5.74) is 0. The van der Waals surface area contributed by atoms with Gasteiger partial charge in [0.05, 0.1) is 4.90 Å². The van der Waals surface area contributed by atoms with Crippen LogP contribution in [0, 0.1) is 5.82 Å². The number of carbonyl (C=O) groups is 1. The van der Waals surface area contributed by atoms with Gasteiger partial charge in [0, 0.05) is 4.75 Å². The lowest BCUT2D eigenvalue weighted by molar-refractivity contribution is -0.139. The molecule has 0 saturated carbocycles. The molecular weight excluding hydrogens is 293 g/mol. The van der Waals surface area contributed by atoms with Gasteiger partial charge in [0.25, 0.3) is 0 Å². The minimum atomic E-state index is -4.05. The fraction of sp³-hybridized carbons (Fsp3) is 0.364. The molecule has 19 heavy (non-hydrogen) atoms. The SMILES string of the molecule is CC(C)(S)C(NS(=O)(=O)c1ccc(F)cc1)C(=O)O. The van der Waals surface area contributed by atoms with Gasteiger partial charge in [-0.1, -0.05) is 0 Å². The third-order valence-electron chi connectivity index (χ3n) is 2.35. The second-order valence-corrected chi connectivity index (χ2v) is 7.37. The Morgan fingerprint density at radius 1 is 1.37 bits per heavy atom. The highest BCUT2D eigenvalue weighted by molar-refractivity contribution is 7.89. The van der Waals surface area contributed by atoms with Crippen molar-refractivity contribution in [2.75, 3.05) is 0 Å². The van der Waals surface area contributed by atoms with Gasteiger partial charge < -0.3 is 5.11 Å². The fourth-order valence-electron chi connectivity index (χ4n) is 1.33. The first kappa shape index (κ1) is 15.9. The van der Waals surface area contributed by atoms with E-state index in [9.17, 15) is 17.6 Å². The van der Waals surface area contributed by atoms with E-state index in [2.05, 4.69) is 12.6 Å². The lowest BCUT2D eigenvalue weighted by Gasteiger charge is -2.26. The molecule has 0 aliphatic rings. The summed E-state index contributed by atoms with van der Waals surface area (Å²) in [7, 11) is -4.05. The molecule has 0 fully saturated rings. The zero-order valence-electron chi connectivity index (χ0n) is 10.3. The number of carboxylic acid groups (broad SMARTS) is 1. The van der Waals surface area contributed by atoms with Gasteiger partial charge in [-0.15, -0.1) is 0 Å². The van der Waals surface area contributed by atoms with E-state index in [0.29, 0.717) is 0 Å². The molecule has 0 heterocycles. The Labute approximate surface area is 116 Å². The number of hydrogen-bond acceptors (Lipinski definition) is 4. The maximum atomic E-state index is 12.7. The Kier molecular flexibility index (Phi) is 4.59. The Balaban J connectivity index is 3.08. The molecule has 0 aliphatic carbocycles. The van der Waals surface area contributed by atoms with Gasteiger partial charge in [-0.05, 0) is 38.1 Å². The molecule has 1 aromatic carbocycles. The summed E-state index contributed by atoms with van der Waals surface area (Å²) in [6.07, 6.45) is 0. The van der Waals surface area contributed by atoms with Crippen LogP contribution in [-0.4, -0.2) is 30.3 Å². The number of benzene rings is 1. The highest BCUT2D eigenvalue weighted by Gasteiger charge is 2.36. The first-order valence-electron chi connectivity index (χ1n) is 5.27. The number of hydrogen-bond donors (Lipinski definition) is 3. The number of aliphatic carboxylic acids is 1. The summed E-state index contributed by atoms with van der Waals surface area (Å²) in [6.45, 7) is 2.95. The standard InChI is InChI=1S/C11H14FNO4S2/c1-11(2,18)9(10(14)15)13-19(16,17)8-5-3-7(12)4-6-8/h3-6,9,13,18H,1-2H3,(H,14,15). The van der Waals surface area contributed by atoms with E-state index in [1.165, 1.54) is 13.8 Å². The Morgan fingerprint density at radius 3 is 2.21 bits per heavy atom.